The second-order valence-electron chi connectivity index (χ2n) is 2.77. The van der Waals surface area contributed by atoms with Gasteiger partial charge in [0.25, 0.3) is 0 Å². The zero-order chi connectivity index (χ0) is 10.7. The quantitative estimate of drug-likeness (QED) is 0.769. The molecule has 1 atom stereocenters. The zero-order valence-electron chi connectivity index (χ0n) is 7.63. The van der Waals surface area contributed by atoms with Crippen molar-refractivity contribution in [2.45, 2.75) is 6.04 Å². The van der Waals surface area contributed by atoms with E-state index in [1.165, 1.54) is 6.07 Å². The van der Waals surface area contributed by atoms with Crippen LogP contribution in [0.2, 0.25) is 0 Å². The molecule has 0 radical (unpaired) electrons. The monoisotopic (exact) mass is 203 g/mol. The first kappa shape index (κ1) is 10.9. The molecule has 3 nitrogen and oxygen atoms in total. The van der Waals surface area contributed by atoms with Gasteiger partial charge in [0.05, 0.1) is 19.8 Å². The highest BCUT2D eigenvalue weighted by Gasteiger charge is 2.17. The van der Waals surface area contributed by atoms with E-state index in [0.717, 1.165) is 13.2 Å². The summed E-state index contributed by atoms with van der Waals surface area (Å²) in [6.45, 7) is -0.411. The Hall–Kier alpha value is -1.20. The maximum Gasteiger partial charge on any atom is 0.190 e. The van der Waals surface area contributed by atoms with Gasteiger partial charge in [0, 0.05) is 5.56 Å². The molecule has 3 N–H and O–H groups in total. The van der Waals surface area contributed by atoms with E-state index >= 15 is 0 Å². The summed E-state index contributed by atoms with van der Waals surface area (Å²) in [6.07, 6.45) is 0. The van der Waals surface area contributed by atoms with E-state index in [4.69, 9.17) is 10.8 Å². The lowest BCUT2D eigenvalue weighted by Gasteiger charge is -2.12. The summed E-state index contributed by atoms with van der Waals surface area (Å²) in [5.41, 5.74) is 5.43. The average molecular weight is 203 g/mol. The number of methoxy groups -OCH3 is 1. The third-order valence-corrected chi connectivity index (χ3v) is 1.88. The molecule has 0 saturated heterocycles. The summed E-state index contributed by atoms with van der Waals surface area (Å²) in [6, 6.07) is 1.37. The Morgan fingerprint density at radius 3 is 2.64 bits per heavy atom. The van der Waals surface area contributed by atoms with Crippen molar-refractivity contribution < 1.29 is 18.6 Å². The molecule has 1 rings (SSSR count). The van der Waals surface area contributed by atoms with Gasteiger partial charge in [-0.3, -0.25) is 0 Å². The topological polar surface area (TPSA) is 55.5 Å². The number of aliphatic hydroxyl groups is 1. The normalized spacial score (nSPS) is 12.6. The average Bonchev–Trinajstić information content (AvgIpc) is 2.18. The summed E-state index contributed by atoms with van der Waals surface area (Å²) in [5, 5.41) is 8.72. The van der Waals surface area contributed by atoms with Crippen LogP contribution in [-0.4, -0.2) is 18.8 Å². The van der Waals surface area contributed by atoms with E-state index < -0.39 is 30.0 Å². The number of hydrogen-bond acceptors (Lipinski definition) is 3. The fraction of sp³-hybridized carbons (Fsp3) is 0.333. The van der Waals surface area contributed by atoms with Crippen LogP contribution in [0.1, 0.15) is 11.6 Å². The van der Waals surface area contributed by atoms with Crippen molar-refractivity contribution in [2.75, 3.05) is 13.7 Å². The SMILES string of the molecule is COc1c(F)ccc(C(N)CO)c1F. The van der Waals surface area contributed by atoms with Crippen LogP contribution in [0.4, 0.5) is 8.78 Å². The van der Waals surface area contributed by atoms with Gasteiger partial charge in [-0.15, -0.1) is 0 Å². The van der Waals surface area contributed by atoms with Crippen LogP contribution in [0.3, 0.4) is 0 Å². The molecule has 1 aromatic rings. The molecule has 0 aromatic heterocycles. The van der Waals surface area contributed by atoms with Gasteiger partial charge in [-0.25, -0.2) is 8.78 Å². The molecule has 0 aliphatic carbocycles. The van der Waals surface area contributed by atoms with Crippen LogP contribution in [0, 0.1) is 11.6 Å². The van der Waals surface area contributed by atoms with Gasteiger partial charge in [0.15, 0.2) is 17.4 Å². The molecule has 78 valence electrons. The van der Waals surface area contributed by atoms with Gasteiger partial charge in [-0.1, -0.05) is 6.07 Å². The molecule has 0 fully saturated rings. The van der Waals surface area contributed by atoms with E-state index in [9.17, 15) is 8.78 Å². The fourth-order valence-electron chi connectivity index (χ4n) is 1.12. The zero-order valence-corrected chi connectivity index (χ0v) is 7.63. The number of hydrogen-bond donors (Lipinski definition) is 2. The number of nitrogens with two attached hydrogens (primary N) is 1. The van der Waals surface area contributed by atoms with Crippen molar-refractivity contribution in [3.05, 3.63) is 29.3 Å². The molecule has 14 heavy (non-hydrogen) atoms. The maximum atomic E-state index is 13.4. The fourth-order valence-corrected chi connectivity index (χ4v) is 1.12. The van der Waals surface area contributed by atoms with Gasteiger partial charge in [0.1, 0.15) is 0 Å². The standard InChI is InChI=1S/C9H11F2NO2/c1-14-9-6(10)3-2-5(8(9)11)7(12)4-13/h2-3,7,13H,4,12H2,1H3. The summed E-state index contributed by atoms with van der Waals surface area (Å²) in [7, 11) is 1.16. The minimum absolute atomic E-state index is 0.0331. The number of ether oxygens (including phenoxy) is 1. The maximum absolute atomic E-state index is 13.4. The van der Waals surface area contributed by atoms with Crippen molar-refractivity contribution in [2.24, 2.45) is 5.73 Å². The highest BCUT2D eigenvalue weighted by atomic mass is 19.1. The second kappa shape index (κ2) is 4.34. The van der Waals surface area contributed by atoms with Crippen LogP contribution in [-0.2, 0) is 0 Å². The number of benzene rings is 1. The largest absolute Gasteiger partial charge is 0.491 e. The van der Waals surface area contributed by atoms with Gasteiger partial charge in [0.2, 0.25) is 0 Å². The third kappa shape index (κ3) is 1.83. The number of aliphatic hydroxyl groups excluding tert-OH is 1. The Balaban J connectivity index is 3.21. The lowest BCUT2D eigenvalue weighted by atomic mass is 10.1. The van der Waals surface area contributed by atoms with Crippen LogP contribution in [0.5, 0.6) is 5.75 Å². The highest BCUT2D eigenvalue weighted by molar-refractivity contribution is 5.34. The van der Waals surface area contributed by atoms with Crippen LogP contribution in [0.25, 0.3) is 0 Å². The Morgan fingerprint density at radius 1 is 1.50 bits per heavy atom. The summed E-state index contributed by atoms with van der Waals surface area (Å²) >= 11 is 0. The molecule has 0 amide bonds. The molecule has 0 heterocycles. The molecule has 1 aromatic carbocycles. The predicted molar refractivity (Wildman–Crippen MR) is 46.9 cm³/mol. The Bertz CT molecular complexity index is 331. The Morgan fingerprint density at radius 2 is 2.14 bits per heavy atom. The second-order valence-corrected chi connectivity index (χ2v) is 2.77. The molecule has 1 unspecified atom stereocenters. The molecular formula is C9H11F2NO2. The van der Waals surface area contributed by atoms with Crippen molar-refractivity contribution in [3.8, 4) is 5.75 Å². The van der Waals surface area contributed by atoms with Gasteiger partial charge in [-0.05, 0) is 6.07 Å². The Kier molecular flexibility index (Phi) is 3.38. The first-order valence-electron chi connectivity index (χ1n) is 4.00. The van der Waals surface area contributed by atoms with Gasteiger partial charge >= 0.3 is 0 Å². The van der Waals surface area contributed by atoms with E-state index in [1.54, 1.807) is 0 Å². The van der Waals surface area contributed by atoms with E-state index in [0.29, 0.717) is 0 Å². The minimum Gasteiger partial charge on any atom is -0.491 e. The van der Waals surface area contributed by atoms with Crippen LogP contribution in [0.15, 0.2) is 12.1 Å². The summed E-state index contributed by atoms with van der Waals surface area (Å²) in [4.78, 5) is 0. The molecule has 0 spiro atoms. The smallest absolute Gasteiger partial charge is 0.190 e. The van der Waals surface area contributed by atoms with Crippen LogP contribution >= 0.6 is 0 Å². The summed E-state index contributed by atoms with van der Waals surface area (Å²) in [5.74, 6) is -2.14. The minimum atomic E-state index is -0.871. The van der Waals surface area contributed by atoms with Crippen molar-refractivity contribution in [3.63, 3.8) is 0 Å². The van der Waals surface area contributed by atoms with Crippen molar-refractivity contribution in [1.82, 2.24) is 0 Å². The van der Waals surface area contributed by atoms with Crippen molar-refractivity contribution in [1.29, 1.82) is 0 Å². The number of halogens is 2. The van der Waals surface area contributed by atoms with E-state index in [2.05, 4.69) is 4.74 Å². The number of rotatable bonds is 3. The molecular weight excluding hydrogens is 192 g/mol. The third-order valence-electron chi connectivity index (χ3n) is 1.88. The lowest BCUT2D eigenvalue weighted by Crippen LogP contribution is -2.16. The first-order valence-corrected chi connectivity index (χ1v) is 4.00. The summed E-state index contributed by atoms with van der Waals surface area (Å²) < 4.78 is 30.9. The van der Waals surface area contributed by atoms with Gasteiger partial charge < -0.3 is 15.6 Å². The van der Waals surface area contributed by atoms with Gasteiger partial charge in [-0.2, -0.15) is 0 Å². The lowest BCUT2D eigenvalue weighted by molar-refractivity contribution is 0.263. The van der Waals surface area contributed by atoms with Crippen LogP contribution < -0.4 is 10.5 Å². The molecule has 0 bridgehead atoms. The molecule has 0 saturated carbocycles. The van der Waals surface area contributed by atoms with E-state index in [-0.39, 0.29) is 5.56 Å². The highest BCUT2D eigenvalue weighted by Crippen LogP contribution is 2.26. The predicted octanol–water partition coefficient (Wildman–Crippen LogP) is 0.966. The molecule has 0 aliphatic rings. The Labute approximate surface area is 80.1 Å². The van der Waals surface area contributed by atoms with Crippen molar-refractivity contribution >= 4 is 0 Å². The van der Waals surface area contributed by atoms with E-state index in [1.807, 2.05) is 0 Å². The first-order chi connectivity index (χ1) is 6.61. The molecule has 0 aliphatic heterocycles. The molecule has 5 heteroatoms.